The molecule has 1 aliphatic heterocycles. The van der Waals surface area contributed by atoms with Crippen molar-refractivity contribution in [3.63, 3.8) is 0 Å². The fraction of sp³-hybridized carbons (Fsp3) is 0.292. The quantitative estimate of drug-likeness (QED) is 0.708. The smallest absolute Gasteiger partial charge is 0.229 e. The van der Waals surface area contributed by atoms with Gasteiger partial charge < -0.3 is 10.2 Å². The molecular formula is C24H25N3O2. The molecule has 0 aliphatic carbocycles. The molecule has 2 amide bonds. The molecule has 1 aromatic heterocycles. The number of aromatic nitrogens is 1. The number of carbonyl (C=O) groups excluding carboxylic acids is 2. The summed E-state index contributed by atoms with van der Waals surface area (Å²) in [6, 6.07) is 15.6. The van der Waals surface area contributed by atoms with Gasteiger partial charge in [-0.2, -0.15) is 0 Å². The predicted molar refractivity (Wildman–Crippen MR) is 116 cm³/mol. The largest absolute Gasteiger partial charge is 0.324 e. The normalized spacial score (nSPS) is 16.6. The van der Waals surface area contributed by atoms with E-state index in [1.807, 2.05) is 49.4 Å². The van der Waals surface area contributed by atoms with E-state index in [4.69, 9.17) is 0 Å². The van der Waals surface area contributed by atoms with E-state index in [9.17, 15) is 9.59 Å². The molecule has 1 unspecified atom stereocenters. The van der Waals surface area contributed by atoms with E-state index in [-0.39, 0.29) is 24.2 Å². The van der Waals surface area contributed by atoms with Crippen LogP contribution in [0.5, 0.6) is 0 Å². The van der Waals surface area contributed by atoms with Crippen molar-refractivity contribution >= 4 is 34.1 Å². The maximum absolute atomic E-state index is 13.0. The number of anilines is 2. The summed E-state index contributed by atoms with van der Waals surface area (Å²) in [6.07, 6.45) is 1.93. The van der Waals surface area contributed by atoms with Gasteiger partial charge in [0.25, 0.3) is 0 Å². The van der Waals surface area contributed by atoms with Crippen molar-refractivity contribution in [3.8, 4) is 0 Å². The van der Waals surface area contributed by atoms with Crippen molar-refractivity contribution in [2.45, 2.75) is 33.1 Å². The van der Waals surface area contributed by atoms with Gasteiger partial charge in [0.2, 0.25) is 11.8 Å². The van der Waals surface area contributed by atoms with E-state index in [1.54, 1.807) is 11.1 Å². The van der Waals surface area contributed by atoms with E-state index in [0.29, 0.717) is 18.2 Å². The first kappa shape index (κ1) is 19.1. The van der Waals surface area contributed by atoms with Crippen molar-refractivity contribution in [2.24, 2.45) is 5.92 Å². The Bertz CT molecular complexity index is 1090. The average Bonchev–Trinajstić information content (AvgIpc) is 3.09. The average molecular weight is 387 g/mol. The van der Waals surface area contributed by atoms with Gasteiger partial charge in [0, 0.05) is 30.2 Å². The van der Waals surface area contributed by atoms with Gasteiger partial charge in [-0.25, -0.2) is 0 Å². The van der Waals surface area contributed by atoms with Crippen molar-refractivity contribution in [1.29, 1.82) is 0 Å². The summed E-state index contributed by atoms with van der Waals surface area (Å²) < 4.78 is 0. The van der Waals surface area contributed by atoms with Crippen LogP contribution in [0.15, 0.2) is 54.7 Å². The van der Waals surface area contributed by atoms with Crippen LogP contribution in [0.2, 0.25) is 0 Å². The minimum Gasteiger partial charge on any atom is -0.324 e. The molecule has 2 aromatic carbocycles. The number of hydrogen-bond acceptors (Lipinski definition) is 3. The Kier molecular flexibility index (Phi) is 5.05. The van der Waals surface area contributed by atoms with E-state index in [0.717, 1.165) is 27.7 Å². The predicted octanol–water partition coefficient (Wildman–Crippen LogP) is 4.66. The molecule has 0 radical (unpaired) electrons. The summed E-state index contributed by atoms with van der Waals surface area (Å²) in [6.45, 7) is 6.66. The van der Waals surface area contributed by atoms with Crippen LogP contribution in [0.3, 0.4) is 0 Å². The molecule has 1 N–H and O–H groups in total. The number of nitrogens with zero attached hydrogens (tertiary/aromatic N) is 2. The van der Waals surface area contributed by atoms with Crippen LogP contribution >= 0.6 is 0 Å². The van der Waals surface area contributed by atoms with Crippen molar-refractivity contribution in [1.82, 2.24) is 4.98 Å². The number of pyridine rings is 1. The van der Waals surface area contributed by atoms with Crippen LogP contribution in [0.4, 0.5) is 11.4 Å². The SMILES string of the molecule is Cc1cccc(C(C)C)c1N1CC(C(=O)Nc2cccc3cccnc23)CC1=O. The fourth-order valence-electron chi connectivity index (χ4n) is 4.06. The molecule has 2 heterocycles. The van der Waals surface area contributed by atoms with Crippen LogP contribution in [-0.2, 0) is 9.59 Å². The van der Waals surface area contributed by atoms with Crippen LogP contribution in [0, 0.1) is 12.8 Å². The molecule has 1 aliphatic rings. The van der Waals surface area contributed by atoms with Crippen LogP contribution in [0.1, 0.15) is 37.3 Å². The van der Waals surface area contributed by atoms with E-state index in [1.165, 1.54) is 0 Å². The number of rotatable bonds is 4. The Morgan fingerprint density at radius 3 is 2.69 bits per heavy atom. The minimum absolute atomic E-state index is 0.00241. The molecule has 4 rings (SSSR count). The highest BCUT2D eigenvalue weighted by Crippen LogP contribution is 2.35. The van der Waals surface area contributed by atoms with Crippen molar-refractivity contribution in [3.05, 3.63) is 65.9 Å². The summed E-state index contributed by atoms with van der Waals surface area (Å²) in [7, 11) is 0. The highest BCUT2D eigenvalue weighted by Gasteiger charge is 2.37. The summed E-state index contributed by atoms with van der Waals surface area (Å²) in [5, 5.41) is 3.96. The second-order valence-electron chi connectivity index (χ2n) is 7.94. The van der Waals surface area contributed by atoms with Gasteiger partial charge in [-0.15, -0.1) is 0 Å². The third-order valence-electron chi connectivity index (χ3n) is 5.55. The maximum Gasteiger partial charge on any atom is 0.229 e. The monoisotopic (exact) mass is 387 g/mol. The first-order chi connectivity index (χ1) is 14.0. The van der Waals surface area contributed by atoms with Gasteiger partial charge in [-0.3, -0.25) is 14.6 Å². The van der Waals surface area contributed by atoms with Gasteiger partial charge in [0.05, 0.1) is 17.1 Å². The Balaban J connectivity index is 1.58. The Morgan fingerprint density at radius 2 is 1.90 bits per heavy atom. The lowest BCUT2D eigenvalue weighted by Gasteiger charge is -2.24. The zero-order valence-corrected chi connectivity index (χ0v) is 17.0. The first-order valence-corrected chi connectivity index (χ1v) is 10.00. The lowest BCUT2D eigenvalue weighted by Crippen LogP contribution is -2.29. The molecule has 1 atom stereocenters. The van der Waals surface area contributed by atoms with E-state index in [2.05, 4.69) is 30.2 Å². The molecule has 0 bridgehead atoms. The fourth-order valence-corrected chi connectivity index (χ4v) is 4.06. The maximum atomic E-state index is 13.0. The summed E-state index contributed by atoms with van der Waals surface area (Å²) in [4.78, 5) is 32.0. The molecule has 0 saturated carbocycles. The van der Waals surface area contributed by atoms with Gasteiger partial charge in [0.1, 0.15) is 0 Å². The van der Waals surface area contributed by atoms with Crippen molar-refractivity contribution < 1.29 is 9.59 Å². The first-order valence-electron chi connectivity index (χ1n) is 10.00. The van der Waals surface area contributed by atoms with Gasteiger partial charge >= 0.3 is 0 Å². The lowest BCUT2D eigenvalue weighted by molar-refractivity contribution is -0.122. The topological polar surface area (TPSA) is 62.3 Å². The lowest BCUT2D eigenvalue weighted by atomic mass is 9.97. The second-order valence-corrected chi connectivity index (χ2v) is 7.94. The third kappa shape index (κ3) is 3.60. The number of para-hydroxylation sites is 2. The number of hydrogen-bond donors (Lipinski definition) is 1. The van der Waals surface area contributed by atoms with E-state index >= 15 is 0 Å². The molecule has 29 heavy (non-hydrogen) atoms. The molecular weight excluding hydrogens is 362 g/mol. The summed E-state index contributed by atoms with van der Waals surface area (Å²) in [5.41, 5.74) is 4.58. The number of nitrogens with one attached hydrogen (secondary N) is 1. The molecule has 1 fully saturated rings. The zero-order chi connectivity index (χ0) is 20.5. The molecule has 3 aromatic rings. The Morgan fingerprint density at radius 1 is 1.14 bits per heavy atom. The Labute approximate surface area is 170 Å². The van der Waals surface area contributed by atoms with Crippen LogP contribution in [-0.4, -0.2) is 23.3 Å². The Hall–Kier alpha value is -3.21. The summed E-state index contributed by atoms with van der Waals surface area (Å²) in [5.74, 6) is -0.232. The molecule has 148 valence electrons. The molecule has 5 nitrogen and oxygen atoms in total. The number of aryl methyl sites for hydroxylation is 1. The van der Waals surface area contributed by atoms with Gasteiger partial charge in [-0.1, -0.05) is 50.2 Å². The molecule has 0 spiro atoms. The van der Waals surface area contributed by atoms with Gasteiger partial charge in [0.15, 0.2) is 0 Å². The highest BCUT2D eigenvalue weighted by molar-refractivity contribution is 6.06. The zero-order valence-electron chi connectivity index (χ0n) is 17.0. The summed E-state index contributed by atoms with van der Waals surface area (Å²) >= 11 is 0. The van der Waals surface area contributed by atoms with Crippen molar-refractivity contribution in [2.75, 3.05) is 16.8 Å². The van der Waals surface area contributed by atoms with Crippen LogP contribution in [0.25, 0.3) is 10.9 Å². The number of fused-ring (bicyclic) bond motifs is 1. The second kappa shape index (κ2) is 7.66. The van der Waals surface area contributed by atoms with Gasteiger partial charge in [-0.05, 0) is 36.1 Å². The highest BCUT2D eigenvalue weighted by atomic mass is 16.2. The number of benzene rings is 2. The molecule has 5 heteroatoms. The van der Waals surface area contributed by atoms with E-state index < -0.39 is 0 Å². The standard InChI is InChI=1S/C24H25N3O2/c1-15(2)19-10-4-7-16(3)23(19)27-14-18(13-21(27)28)24(29)26-20-11-5-8-17-9-6-12-25-22(17)20/h4-12,15,18H,13-14H2,1-3H3,(H,26,29). The third-order valence-corrected chi connectivity index (χ3v) is 5.55. The number of carbonyl (C=O) groups is 2. The molecule has 1 saturated heterocycles. The minimum atomic E-state index is -0.388. The number of amides is 2. The van der Waals surface area contributed by atoms with Crippen LogP contribution < -0.4 is 10.2 Å².